The molecule has 0 saturated carbocycles. The van der Waals surface area contributed by atoms with Gasteiger partial charge in [0, 0.05) is 12.0 Å². The summed E-state index contributed by atoms with van der Waals surface area (Å²) in [4.78, 5) is 24.0. The quantitative estimate of drug-likeness (QED) is 0.513. The summed E-state index contributed by atoms with van der Waals surface area (Å²) in [5, 5.41) is -0.434. The van der Waals surface area contributed by atoms with Gasteiger partial charge in [-0.15, -0.1) is 0 Å². The molecule has 3 nitrogen and oxygen atoms in total. The summed E-state index contributed by atoms with van der Waals surface area (Å²) < 4.78 is 0. The van der Waals surface area contributed by atoms with E-state index in [0.29, 0.717) is 0 Å². The minimum absolute atomic E-state index is 0.118. The SMILES string of the molecule is CC(C)(C)N1C(=O)CC(S)C1=O.CCC. The Kier molecular flexibility index (Phi) is 5.35. The highest BCUT2D eigenvalue weighted by atomic mass is 32.1. The number of hydrogen-bond acceptors (Lipinski definition) is 3. The first-order valence-electron chi connectivity index (χ1n) is 5.30. The molecule has 0 bridgehead atoms. The molecule has 0 spiro atoms. The molecule has 15 heavy (non-hydrogen) atoms. The van der Waals surface area contributed by atoms with Gasteiger partial charge in [0.15, 0.2) is 0 Å². The Balaban J connectivity index is 0.000000583. The number of carbonyl (C=O) groups is 2. The monoisotopic (exact) mass is 231 g/mol. The summed E-state index contributed by atoms with van der Waals surface area (Å²) in [5.41, 5.74) is -0.411. The number of nitrogens with zero attached hydrogens (tertiary/aromatic N) is 1. The van der Waals surface area contributed by atoms with Crippen LogP contribution < -0.4 is 0 Å². The van der Waals surface area contributed by atoms with Crippen LogP contribution in [0.25, 0.3) is 0 Å². The Morgan fingerprint density at radius 3 is 1.87 bits per heavy atom. The van der Waals surface area contributed by atoms with Crippen LogP contribution in [0.1, 0.15) is 47.5 Å². The first-order valence-corrected chi connectivity index (χ1v) is 5.82. The Hall–Kier alpha value is -0.510. The Morgan fingerprint density at radius 2 is 1.73 bits per heavy atom. The van der Waals surface area contributed by atoms with E-state index in [-0.39, 0.29) is 18.2 Å². The molecule has 2 amide bonds. The van der Waals surface area contributed by atoms with Crippen molar-refractivity contribution in [1.82, 2.24) is 4.90 Å². The number of amides is 2. The van der Waals surface area contributed by atoms with E-state index >= 15 is 0 Å². The fourth-order valence-electron chi connectivity index (χ4n) is 1.32. The first-order chi connectivity index (χ1) is 6.75. The van der Waals surface area contributed by atoms with Crippen LogP contribution in [0, 0.1) is 0 Å². The normalized spacial score (nSPS) is 21.5. The Labute approximate surface area is 97.6 Å². The second kappa shape index (κ2) is 5.54. The average Bonchev–Trinajstić information content (AvgIpc) is 2.26. The van der Waals surface area contributed by atoms with Crippen LogP contribution in [0.4, 0.5) is 0 Å². The molecule has 1 unspecified atom stereocenters. The van der Waals surface area contributed by atoms with Gasteiger partial charge in [-0.1, -0.05) is 20.3 Å². The molecule has 1 saturated heterocycles. The van der Waals surface area contributed by atoms with Crippen LogP contribution in [0.3, 0.4) is 0 Å². The standard InChI is InChI=1S/C8H13NO2S.C3H8/c1-8(2,3)9-6(10)4-5(12)7(9)11;1-3-2/h5,12H,4H2,1-3H3;3H2,1-2H3. The maximum absolute atomic E-state index is 11.4. The molecule has 0 aromatic carbocycles. The minimum atomic E-state index is -0.434. The van der Waals surface area contributed by atoms with Gasteiger partial charge < -0.3 is 0 Å². The Morgan fingerprint density at radius 1 is 1.33 bits per heavy atom. The van der Waals surface area contributed by atoms with E-state index < -0.39 is 10.8 Å². The smallest absolute Gasteiger partial charge is 0.243 e. The average molecular weight is 231 g/mol. The minimum Gasteiger partial charge on any atom is -0.276 e. The number of thiol groups is 1. The van der Waals surface area contributed by atoms with E-state index in [1.165, 1.54) is 11.3 Å². The summed E-state index contributed by atoms with van der Waals surface area (Å²) in [6, 6.07) is 0. The lowest BCUT2D eigenvalue weighted by Gasteiger charge is -2.29. The number of likely N-dealkylation sites (tertiary alicyclic amines) is 1. The van der Waals surface area contributed by atoms with Crippen LogP contribution in [0.15, 0.2) is 0 Å². The second-order valence-corrected chi connectivity index (χ2v) is 5.29. The molecule has 0 radical (unpaired) electrons. The molecule has 88 valence electrons. The van der Waals surface area contributed by atoms with Gasteiger partial charge in [0.25, 0.3) is 0 Å². The van der Waals surface area contributed by atoms with E-state index in [1.54, 1.807) is 0 Å². The molecule has 4 heteroatoms. The highest BCUT2D eigenvalue weighted by molar-refractivity contribution is 7.81. The largest absolute Gasteiger partial charge is 0.276 e. The van der Waals surface area contributed by atoms with Crippen LogP contribution in [0.2, 0.25) is 0 Å². The highest BCUT2D eigenvalue weighted by Gasteiger charge is 2.42. The van der Waals surface area contributed by atoms with E-state index in [2.05, 4.69) is 26.5 Å². The zero-order valence-electron chi connectivity index (χ0n) is 10.2. The van der Waals surface area contributed by atoms with Crippen molar-refractivity contribution in [3.05, 3.63) is 0 Å². The number of rotatable bonds is 0. The van der Waals surface area contributed by atoms with Gasteiger partial charge in [-0.05, 0) is 20.8 Å². The zero-order valence-corrected chi connectivity index (χ0v) is 11.1. The maximum atomic E-state index is 11.4. The van der Waals surface area contributed by atoms with Crippen LogP contribution in [-0.2, 0) is 9.59 Å². The molecule has 1 aliphatic rings. The molecule has 0 N–H and O–H groups in total. The van der Waals surface area contributed by atoms with Gasteiger partial charge in [0.05, 0.1) is 5.25 Å². The van der Waals surface area contributed by atoms with E-state index in [4.69, 9.17) is 0 Å². The van der Waals surface area contributed by atoms with Gasteiger partial charge in [-0.25, -0.2) is 0 Å². The van der Waals surface area contributed by atoms with Crippen LogP contribution in [0.5, 0.6) is 0 Å². The third-order valence-corrected chi connectivity index (χ3v) is 2.20. The number of carbonyl (C=O) groups excluding carboxylic acids is 2. The van der Waals surface area contributed by atoms with Crippen molar-refractivity contribution in [1.29, 1.82) is 0 Å². The molecule has 1 aliphatic heterocycles. The van der Waals surface area contributed by atoms with Crippen molar-refractivity contribution in [2.75, 3.05) is 0 Å². The molecule has 0 aromatic rings. The van der Waals surface area contributed by atoms with Gasteiger partial charge in [0.2, 0.25) is 11.8 Å². The fourth-order valence-corrected chi connectivity index (χ4v) is 1.59. The van der Waals surface area contributed by atoms with Crippen molar-refractivity contribution < 1.29 is 9.59 Å². The van der Waals surface area contributed by atoms with Gasteiger partial charge in [-0.3, -0.25) is 14.5 Å². The van der Waals surface area contributed by atoms with Gasteiger partial charge in [0.1, 0.15) is 0 Å². The topological polar surface area (TPSA) is 37.4 Å². The summed E-state index contributed by atoms with van der Waals surface area (Å²) in [5.74, 6) is -0.289. The third kappa shape index (κ3) is 3.86. The van der Waals surface area contributed by atoms with Crippen molar-refractivity contribution in [3.63, 3.8) is 0 Å². The molecule has 1 fully saturated rings. The molecule has 1 heterocycles. The lowest BCUT2D eigenvalue weighted by atomic mass is 10.1. The number of imide groups is 1. The van der Waals surface area contributed by atoms with E-state index in [1.807, 2.05) is 20.8 Å². The van der Waals surface area contributed by atoms with E-state index in [9.17, 15) is 9.59 Å². The third-order valence-electron chi connectivity index (χ3n) is 1.79. The lowest BCUT2D eigenvalue weighted by Crippen LogP contribution is -2.45. The molecule has 1 atom stereocenters. The summed E-state index contributed by atoms with van der Waals surface area (Å²) >= 11 is 4.03. The predicted octanol–water partition coefficient (Wildman–Crippen LogP) is 2.26. The van der Waals surface area contributed by atoms with Crippen molar-refractivity contribution >= 4 is 24.4 Å². The summed E-state index contributed by atoms with van der Waals surface area (Å²) in [6.45, 7) is 9.78. The van der Waals surface area contributed by atoms with Crippen LogP contribution >= 0.6 is 12.6 Å². The number of hydrogen-bond donors (Lipinski definition) is 1. The second-order valence-electron chi connectivity index (χ2n) is 4.67. The van der Waals surface area contributed by atoms with Crippen LogP contribution in [-0.4, -0.2) is 27.5 Å². The van der Waals surface area contributed by atoms with Crippen molar-refractivity contribution in [3.8, 4) is 0 Å². The first kappa shape index (κ1) is 14.5. The Bertz CT molecular complexity index is 245. The fraction of sp³-hybridized carbons (Fsp3) is 0.818. The lowest BCUT2D eigenvalue weighted by molar-refractivity contribution is -0.143. The van der Waals surface area contributed by atoms with Crippen molar-refractivity contribution in [2.24, 2.45) is 0 Å². The molecular weight excluding hydrogens is 210 g/mol. The zero-order chi connectivity index (χ0) is 12.2. The van der Waals surface area contributed by atoms with E-state index in [0.717, 1.165) is 0 Å². The summed E-state index contributed by atoms with van der Waals surface area (Å²) in [6.07, 6.45) is 1.49. The van der Waals surface area contributed by atoms with Gasteiger partial charge in [-0.2, -0.15) is 12.6 Å². The molecule has 0 aliphatic carbocycles. The molecule has 0 aromatic heterocycles. The maximum Gasteiger partial charge on any atom is 0.243 e. The summed E-state index contributed by atoms with van der Waals surface area (Å²) in [7, 11) is 0. The predicted molar refractivity (Wildman–Crippen MR) is 65.0 cm³/mol. The highest BCUT2D eigenvalue weighted by Crippen LogP contribution is 2.25. The molecule has 1 rings (SSSR count). The van der Waals surface area contributed by atoms with Gasteiger partial charge >= 0.3 is 0 Å². The molecular formula is C11H21NO2S. The van der Waals surface area contributed by atoms with Crippen molar-refractivity contribution in [2.45, 2.75) is 58.2 Å².